The molecule has 0 saturated heterocycles. The first-order valence-corrected chi connectivity index (χ1v) is 13.8. The van der Waals surface area contributed by atoms with Crippen LogP contribution in [0.5, 0.6) is 5.75 Å². The van der Waals surface area contributed by atoms with Crippen LogP contribution in [0.4, 0.5) is 24.8 Å². The van der Waals surface area contributed by atoms with Gasteiger partial charge in [-0.2, -0.15) is 4.98 Å². The van der Waals surface area contributed by atoms with Crippen LogP contribution in [-0.2, 0) is 13.1 Å². The molecule has 5 aromatic rings. The van der Waals surface area contributed by atoms with E-state index in [0.29, 0.717) is 39.3 Å². The van der Waals surface area contributed by atoms with E-state index in [4.69, 9.17) is 4.74 Å². The highest BCUT2D eigenvalue weighted by atomic mass is 19.2. The normalized spacial score (nSPS) is 11.0. The molecule has 11 nitrogen and oxygen atoms in total. The number of rotatable bonds is 11. The quantitative estimate of drug-likeness (QED) is 0.190. The van der Waals surface area contributed by atoms with Crippen LogP contribution in [0.1, 0.15) is 30.0 Å². The summed E-state index contributed by atoms with van der Waals surface area (Å²) >= 11 is 0. The fourth-order valence-electron chi connectivity index (χ4n) is 4.50. The average molecular weight is 620 g/mol. The second-order valence-corrected chi connectivity index (χ2v) is 10.1. The van der Waals surface area contributed by atoms with Crippen molar-refractivity contribution < 1.29 is 17.9 Å². The Bertz CT molecular complexity index is 2070. The minimum absolute atomic E-state index is 0.0475. The third-order valence-electron chi connectivity index (χ3n) is 6.87. The molecule has 0 aliphatic carbocycles. The number of anilines is 2. The van der Waals surface area contributed by atoms with Gasteiger partial charge >= 0.3 is 11.4 Å². The molecule has 3 heterocycles. The van der Waals surface area contributed by atoms with Gasteiger partial charge in [-0.3, -0.25) is 9.36 Å². The Morgan fingerprint density at radius 3 is 2.38 bits per heavy atom. The number of ether oxygens (including phenoxy) is 1. The molecule has 14 heteroatoms. The van der Waals surface area contributed by atoms with E-state index in [9.17, 15) is 27.6 Å². The summed E-state index contributed by atoms with van der Waals surface area (Å²) in [6, 6.07) is 11.3. The smallest absolute Gasteiger partial charge is 0.355 e. The predicted octanol–water partition coefficient (Wildman–Crippen LogP) is 3.88. The van der Waals surface area contributed by atoms with Crippen molar-refractivity contribution >= 4 is 28.4 Å². The predicted molar refractivity (Wildman–Crippen MR) is 163 cm³/mol. The lowest BCUT2D eigenvalue weighted by atomic mass is 10.1. The van der Waals surface area contributed by atoms with E-state index in [1.54, 1.807) is 37.4 Å². The molecule has 0 unspecified atom stereocenters. The molecular weight excluding hydrogens is 591 g/mol. The van der Waals surface area contributed by atoms with Gasteiger partial charge in [0.05, 0.1) is 19.7 Å². The number of hydrogen-bond donors (Lipinski definition) is 3. The van der Waals surface area contributed by atoms with Crippen molar-refractivity contribution in [1.82, 2.24) is 29.4 Å². The van der Waals surface area contributed by atoms with Gasteiger partial charge in [-0.1, -0.05) is 13.5 Å². The number of hydrogen-bond acceptors (Lipinski definition) is 8. The van der Waals surface area contributed by atoms with Gasteiger partial charge in [0, 0.05) is 41.1 Å². The van der Waals surface area contributed by atoms with Gasteiger partial charge in [0.1, 0.15) is 11.4 Å². The maximum absolute atomic E-state index is 14.1. The number of halogens is 3. The molecule has 0 aliphatic rings. The van der Waals surface area contributed by atoms with Crippen molar-refractivity contribution in [2.45, 2.75) is 26.4 Å². The monoisotopic (exact) mass is 619 g/mol. The van der Waals surface area contributed by atoms with Crippen LogP contribution in [0.3, 0.4) is 0 Å². The summed E-state index contributed by atoms with van der Waals surface area (Å²) < 4.78 is 49.0. The molecule has 45 heavy (non-hydrogen) atoms. The van der Waals surface area contributed by atoms with Crippen molar-refractivity contribution in [2.24, 2.45) is 0 Å². The molecule has 0 spiro atoms. The lowest BCUT2D eigenvalue weighted by Gasteiger charge is -2.16. The Kier molecular flexibility index (Phi) is 8.83. The largest absolute Gasteiger partial charge is 0.494 e. The number of H-pyrrole nitrogens is 1. The van der Waals surface area contributed by atoms with Crippen LogP contribution in [0.25, 0.3) is 16.7 Å². The van der Waals surface area contributed by atoms with Crippen molar-refractivity contribution in [1.29, 1.82) is 0 Å². The highest BCUT2D eigenvalue weighted by molar-refractivity contribution is 5.79. The Morgan fingerprint density at radius 2 is 1.71 bits per heavy atom. The minimum Gasteiger partial charge on any atom is -0.494 e. The van der Waals surface area contributed by atoms with Gasteiger partial charge in [0.25, 0.3) is 5.56 Å². The van der Waals surface area contributed by atoms with E-state index in [2.05, 4.69) is 32.2 Å². The average Bonchev–Trinajstić information content (AvgIpc) is 3.02. The molecule has 0 radical (unpaired) electrons. The molecule has 0 aliphatic heterocycles. The SMILES string of the molecule is C=C(NC)c1cnc2[nH]c(=O)c(Cn3c(=O)nc(Nc4ccc(OCCC)cc4)n(Cc4cc(F)c(F)c(F)c4)c3=O)cc2c1. The van der Waals surface area contributed by atoms with E-state index in [1.165, 1.54) is 12.3 Å². The number of benzene rings is 2. The van der Waals surface area contributed by atoms with Gasteiger partial charge in [-0.15, -0.1) is 0 Å². The highest BCUT2D eigenvalue weighted by Gasteiger charge is 2.18. The van der Waals surface area contributed by atoms with Crippen molar-refractivity contribution in [3.8, 4) is 5.75 Å². The molecule has 232 valence electrons. The van der Waals surface area contributed by atoms with Crippen LogP contribution in [0.2, 0.25) is 0 Å². The second kappa shape index (κ2) is 12.9. The Balaban J connectivity index is 1.58. The zero-order chi connectivity index (χ0) is 32.2. The second-order valence-electron chi connectivity index (χ2n) is 10.1. The standard InChI is InChI=1S/C31H28F3N7O4/c1-4-9-45-23-7-5-22(6-8-23)37-29-39-30(43)41(31(44)40(29)15-18-10-24(32)26(34)25(33)11-18)16-21-13-19-12-20(17(2)35-3)14-36-27(19)38-28(21)42/h5-8,10-14,35H,2,4,9,15-16H2,1,3H3,(H,36,38,42)(H,37,39,43). The zero-order valence-electron chi connectivity index (χ0n) is 24.3. The van der Waals surface area contributed by atoms with Crippen molar-refractivity contribution in [3.05, 3.63) is 127 Å². The van der Waals surface area contributed by atoms with Crippen molar-refractivity contribution in [3.63, 3.8) is 0 Å². The third kappa shape index (κ3) is 6.64. The first kappa shape index (κ1) is 30.8. The molecule has 3 N–H and O–H groups in total. The number of nitrogens with zero attached hydrogens (tertiary/aromatic N) is 4. The van der Waals surface area contributed by atoms with Crippen molar-refractivity contribution in [2.75, 3.05) is 19.0 Å². The zero-order valence-corrected chi connectivity index (χ0v) is 24.3. The van der Waals surface area contributed by atoms with Gasteiger partial charge in [0.2, 0.25) is 5.95 Å². The molecule has 0 fully saturated rings. The first-order valence-electron chi connectivity index (χ1n) is 13.8. The first-order chi connectivity index (χ1) is 21.6. The van der Waals surface area contributed by atoms with E-state index in [1.807, 2.05) is 6.92 Å². The summed E-state index contributed by atoms with van der Waals surface area (Å²) in [5.41, 5.74) is -0.651. The van der Waals surface area contributed by atoms with E-state index < -0.39 is 47.5 Å². The summed E-state index contributed by atoms with van der Waals surface area (Å²) in [5, 5.41) is 6.31. The lowest BCUT2D eigenvalue weighted by molar-refractivity contribution is 0.317. The Morgan fingerprint density at radius 1 is 1.00 bits per heavy atom. The topological polar surface area (TPSA) is 136 Å². The molecule has 0 bridgehead atoms. The van der Waals surface area contributed by atoms with E-state index in [-0.39, 0.29) is 22.7 Å². The summed E-state index contributed by atoms with van der Waals surface area (Å²) in [4.78, 5) is 50.8. The number of nitrogens with one attached hydrogen (secondary N) is 3. The molecule has 3 aromatic heterocycles. The number of pyridine rings is 2. The highest BCUT2D eigenvalue weighted by Crippen LogP contribution is 2.20. The minimum atomic E-state index is -1.66. The lowest BCUT2D eigenvalue weighted by Crippen LogP contribution is -2.43. The van der Waals surface area contributed by atoms with Gasteiger partial charge < -0.3 is 20.4 Å². The third-order valence-corrected chi connectivity index (χ3v) is 6.87. The van der Waals surface area contributed by atoms with Crippen LogP contribution >= 0.6 is 0 Å². The van der Waals surface area contributed by atoms with Crippen LogP contribution in [0.15, 0.2) is 75.7 Å². The van der Waals surface area contributed by atoms with Crippen LogP contribution in [0, 0.1) is 17.5 Å². The van der Waals surface area contributed by atoms with E-state index in [0.717, 1.165) is 23.1 Å². The van der Waals surface area contributed by atoms with Gasteiger partial charge in [-0.25, -0.2) is 32.3 Å². The maximum atomic E-state index is 14.1. The number of aromatic nitrogens is 5. The Hall–Kier alpha value is -5.66. The van der Waals surface area contributed by atoms with Gasteiger partial charge in [0.15, 0.2) is 17.5 Å². The molecular formula is C31H28F3N7O4. The van der Waals surface area contributed by atoms with Crippen LogP contribution < -0.4 is 32.3 Å². The molecule has 5 rings (SSSR count). The van der Waals surface area contributed by atoms with Crippen LogP contribution in [-0.4, -0.2) is 37.7 Å². The van der Waals surface area contributed by atoms with Gasteiger partial charge in [-0.05, 0) is 60.5 Å². The molecule has 2 aromatic carbocycles. The fourth-order valence-corrected chi connectivity index (χ4v) is 4.50. The summed E-state index contributed by atoms with van der Waals surface area (Å²) in [6.07, 6.45) is 2.34. The number of fused-ring (bicyclic) bond motifs is 1. The molecule has 0 saturated carbocycles. The summed E-state index contributed by atoms with van der Waals surface area (Å²) in [5.74, 6) is -4.22. The van der Waals surface area contributed by atoms with E-state index >= 15 is 0 Å². The number of aromatic amines is 1. The maximum Gasteiger partial charge on any atom is 0.355 e. The molecule has 0 amide bonds. The summed E-state index contributed by atoms with van der Waals surface area (Å²) in [6.45, 7) is 5.40. The summed E-state index contributed by atoms with van der Waals surface area (Å²) in [7, 11) is 1.69. The Labute approximate surface area is 253 Å². The molecule has 0 atom stereocenters. The fraction of sp³-hybridized carbons (Fsp3) is 0.194.